The number of carbonyl (C=O) groups excluding carboxylic acids is 1. The Labute approximate surface area is 107 Å². The molecule has 1 aliphatic rings. The number of likely N-dealkylation sites (tertiary alicyclic amines) is 1. The molecule has 1 aromatic rings. The highest BCUT2D eigenvalue weighted by molar-refractivity contribution is 5.95. The molecule has 0 radical (unpaired) electrons. The number of aromatic nitrogens is 2. The third-order valence-electron chi connectivity index (χ3n) is 3.59. The first kappa shape index (κ1) is 13.0. The predicted molar refractivity (Wildman–Crippen MR) is 69.2 cm³/mol. The molecule has 5 nitrogen and oxygen atoms in total. The summed E-state index contributed by atoms with van der Waals surface area (Å²) in [7, 11) is 0. The van der Waals surface area contributed by atoms with E-state index in [2.05, 4.69) is 17.1 Å². The van der Waals surface area contributed by atoms with Crippen LogP contribution in [0.25, 0.3) is 0 Å². The Kier molecular flexibility index (Phi) is 3.61. The molecular weight excluding hydrogens is 228 g/mol. The zero-order valence-electron chi connectivity index (χ0n) is 11.2. The van der Waals surface area contributed by atoms with Crippen molar-refractivity contribution in [2.45, 2.75) is 33.2 Å². The molecule has 0 bridgehead atoms. The first-order valence-corrected chi connectivity index (χ1v) is 6.35. The highest BCUT2D eigenvalue weighted by atomic mass is 16.2. The maximum Gasteiger partial charge on any atom is 0.256 e. The molecule has 2 rings (SSSR count). The summed E-state index contributed by atoms with van der Waals surface area (Å²) in [5.74, 6) is 0.467. The van der Waals surface area contributed by atoms with Crippen molar-refractivity contribution in [3.8, 4) is 0 Å². The van der Waals surface area contributed by atoms with E-state index in [4.69, 9.17) is 5.73 Å². The smallest absolute Gasteiger partial charge is 0.256 e. The number of hydrogen-bond donors (Lipinski definition) is 1. The average Bonchev–Trinajstić information content (AvgIpc) is 2.73. The number of aryl methyl sites for hydroxylation is 2. The van der Waals surface area contributed by atoms with E-state index in [0.29, 0.717) is 23.7 Å². The largest absolute Gasteiger partial charge is 0.336 e. The van der Waals surface area contributed by atoms with E-state index in [0.717, 1.165) is 18.7 Å². The number of carbonyl (C=O) groups is 1. The van der Waals surface area contributed by atoms with Gasteiger partial charge in [-0.25, -0.2) is 0 Å². The van der Waals surface area contributed by atoms with Gasteiger partial charge in [0, 0.05) is 12.6 Å². The van der Waals surface area contributed by atoms with Gasteiger partial charge >= 0.3 is 0 Å². The molecule has 2 atom stereocenters. The van der Waals surface area contributed by atoms with Gasteiger partial charge in [-0.3, -0.25) is 4.79 Å². The summed E-state index contributed by atoms with van der Waals surface area (Å²) < 4.78 is 0. The van der Waals surface area contributed by atoms with E-state index >= 15 is 0 Å². The minimum absolute atomic E-state index is 0.0500. The van der Waals surface area contributed by atoms with Crippen molar-refractivity contribution in [1.82, 2.24) is 15.1 Å². The van der Waals surface area contributed by atoms with Crippen LogP contribution in [-0.4, -0.2) is 40.1 Å². The Morgan fingerprint density at radius 3 is 2.83 bits per heavy atom. The van der Waals surface area contributed by atoms with Gasteiger partial charge in [0.1, 0.15) is 0 Å². The maximum atomic E-state index is 12.5. The monoisotopic (exact) mass is 248 g/mol. The van der Waals surface area contributed by atoms with Gasteiger partial charge in [-0.15, -0.1) is 0 Å². The molecule has 1 amide bonds. The average molecular weight is 248 g/mol. The van der Waals surface area contributed by atoms with Crippen molar-refractivity contribution in [2.24, 2.45) is 11.7 Å². The second-order valence-electron chi connectivity index (χ2n) is 5.13. The molecule has 98 valence electrons. The molecule has 0 aromatic carbocycles. The highest BCUT2D eigenvalue weighted by Crippen LogP contribution is 2.24. The molecule has 2 heterocycles. The van der Waals surface area contributed by atoms with Crippen LogP contribution >= 0.6 is 0 Å². The van der Waals surface area contributed by atoms with E-state index in [1.54, 1.807) is 0 Å². The lowest BCUT2D eigenvalue weighted by atomic mass is 10.1. The van der Waals surface area contributed by atoms with Crippen molar-refractivity contribution >= 4 is 5.91 Å². The summed E-state index contributed by atoms with van der Waals surface area (Å²) in [4.78, 5) is 14.4. The van der Waals surface area contributed by atoms with E-state index in [1.165, 1.54) is 0 Å². The van der Waals surface area contributed by atoms with Gasteiger partial charge in [0.2, 0.25) is 0 Å². The van der Waals surface area contributed by atoms with Crippen molar-refractivity contribution in [1.29, 1.82) is 0 Å². The predicted octanol–water partition coefficient (Wildman–Crippen LogP) is 0.903. The second kappa shape index (κ2) is 5.02. The van der Waals surface area contributed by atoms with Crippen LogP contribution in [0.2, 0.25) is 0 Å². The molecule has 1 aromatic heterocycles. The van der Waals surface area contributed by atoms with Crippen LogP contribution < -0.4 is 5.73 Å². The topological polar surface area (TPSA) is 72.1 Å². The first-order valence-electron chi connectivity index (χ1n) is 6.35. The fourth-order valence-electron chi connectivity index (χ4n) is 2.52. The maximum absolute atomic E-state index is 12.5. The Balaban J connectivity index is 2.24. The molecule has 0 aliphatic carbocycles. The van der Waals surface area contributed by atoms with E-state index in [1.807, 2.05) is 24.8 Å². The molecule has 18 heavy (non-hydrogen) atoms. The summed E-state index contributed by atoms with van der Waals surface area (Å²) in [5, 5.41) is 7.97. The van der Waals surface area contributed by atoms with Gasteiger partial charge in [0.25, 0.3) is 5.91 Å². The number of hydrogen-bond acceptors (Lipinski definition) is 4. The minimum Gasteiger partial charge on any atom is -0.336 e. The summed E-state index contributed by atoms with van der Waals surface area (Å²) in [6.07, 6.45) is 0.985. The summed E-state index contributed by atoms with van der Waals surface area (Å²) in [6, 6.07) is 2.06. The van der Waals surface area contributed by atoms with Gasteiger partial charge in [-0.2, -0.15) is 10.2 Å². The lowest BCUT2D eigenvalue weighted by Crippen LogP contribution is -2.35. The van der Waals surface area contributed by atoms with Crippen molar-refractivity contribution < 1.29 is 4.79 Å². The summed E-state index contributed by atoms with van der Waals surface area (Å²) >= 11 is 0. The van der Waals surface area contributed by atoms with Crippen molar-refractivity contribution in [2.75, 3.05) is 13.1 Å². The molecular formula is C13H20N4O. The molecule has 1 saturated heterocycles. The van der Waals surface area contributed by atoms with E-state index in [9.17, 15) is 4.79 Å². The fourth-order valence-corrected chi connectivity index (χ4v) is 2.52. The highest BCUT2D eigenvalue weighted by Gasteiger charge is 2.32. The molecule has 0 saturated carbocycles. The number of nitrogens with zero attached hydrogens (tertiary/aromatic N) is 3. The van der Waals surface area contributed by atoms with Crippen LogP contribution in [0.15, 0.2) is 6.07 Å². The Morgan fingerprint density at radius 2 is 2.22 bits per heavy atom. The standard InChI is InChI=1S/C13H20N4O/c1-8-4-12(10(3)16-15-8)13(18)17-7-11(6-14)5-9(17)2/h4,9,11H,5-7,14H2,1-3H3. The summed E-state index contributed by atoms with van der Waals surface area (Å²) in [5.41, 5.74) is 7.81. The number of rotatable bonds is 2. The van der Waals surface area contributed by atoms with Gasteiger partial charge in [0.15, 0.2) is 0 Å². The van der Waals surface area contributed by atoms with Crippen molar-refractivity contribution in [3.63, 3.8) is 0 Å². The van der Waals surface area contributed by atoms with Crippen LogP contribution in [0.5, 0.6) is 0 Å². The Morgan fingerprint density at radius 1 is 1.50 bits per heavy atom. The zero-order valence-corrected chi connectivity index (χ0v) is 11.2. The number of amides is 1. The van der Waals surface area contributed by atoms with Crippen LogP contribution in [-0.2, 0) is 0 Å². The third kappa shape index (κ3) is 2.36. The van der Waals surface area contributed by atoms with Crippen LogP contribution in [0.3, 0.4) is 0 Å². The Hall–Kier alpha value is -1.49. The van der Waals surface area contributed by atoms with Gasteiger partial charge in [-0.1, -0.05) is 0 Å². The van der Waals surface area contributed by atoms with Crippen molar-refractivity contribution in [3.05, 3.63) is 23.0 Å². The molecule has 0 spiro atoms. The van der Waals surface area contributed by atoms with E-state index < -0.39 is 0 Å². The first-order chi connectivity index (χ1) is 8.52. The van der Waals surface area contributed by atoms with Gasteiger partial charge < -0.3 is 10.6 Å². The lowest BCUT2D eigenvalue weighted by Gasteiger charge is -2.22. The molecule has 1 fully saturated rings. The van der Waals surface area contributed by atoms with Crippen LogP contribution in [0, 0.1) is 19.8 Å². The molecule has 1 aliphatic heterocycles. The molecule has 2 unspecified atom stereocenters. The van der Waals surface area contributed by atoms with Crippen LogP contribution in [0.4, 0.5) is 0 Å². The van der Waals surface area contributed by atoms with Crippen LogP contribution in [0.1, 0.15) is 35.1 Å². The quantitative estimate of drug-likeness (QED) is 0.844. The zero-order chi connectivity index (χ0) is 13.3. The van der Waals surface area contributed by atoms with Gasteiger partial charge in [-0.05, 0) is 45.7 Å². The molecule has 2 N–H and O–H groups in total. The summed E-state index contributed by atoms with van der Waals surface area (Å²) in [6.45, 7) is 7.13. The van der Waals surface area contributed by atoms with E-state index in [-0.39, 0.29) is 11.9 Å². The molecule has 5 heteroatoms. The lowest BCUT2D eigenvalue weighted by molar-refractivity contribution is 0.0742. The third-order valence-corrected chi connectivity index (χ3v) is 3.59. The minimum atomic E-state index is 0.0500. The second-order valence-corrected chi connectivity index (χ2v) is 5.13. The fraction of sp³-hybridized carbons (Fsp3) is 0.615. The SMILES string of the molecule is Cc1cc(C(=O)N2CC(CN)CC2C)c(C)nn1. The normalized spacial score (nSPS) is 23.4. The Bertz CT molecular complexity index is 460. The van der Waals surface area contributed by atoms with Gasteiger partial charge in [0.05, 0.1) is 17.0 Å². The number of nitrogens with two attached hydrogens (primary N) is 1.